The number of amides is 1. The van der Waals surface area contributed by atoms with Crippen LogP contribution < -0.4 is 4.90 Å². The van der Waals surface area contributed by atoms with Gasteiger partial charge in [-0.2, -0.15) is 0 Å². The quantitative estimate of drug-likeness (QED) is 0.256. The predicted molar refractivity (Wildman–Crippen MR) is 138 cm³/mol. The number of rotatable bonds is 4. The molecule has 3 nitrogen and oxygen atoms in total. The van der Waals surface area contributed by atoms with Gasteiger partial charge in [-0.05, 0) is 60.2 Å². The standard InChI is InChI=1S/C27H18Cl2N2OS/c28-21-10-12-22(13-11-21)31(17-20-6-1-3-7-23(20)29)27(32)18-9-14-26-24(15-18)30-16-19-5-2-4-8-25(19)33-26/h1-16H,17H2. The van der Waals surface area contributed by atoms with E-state index in [9.17, 15) is 4.79 Å². The zero-order chi connectivity index (χ0) is 22.8. The molecule has 0 spiro atoms. The van der Waals surface area contributed by atoms with E-state index in [1.54, 1.807) is 28.8 Å². The van der Waals surface area contributed by atoms with E-state index in [4.69, 9.17) is 23.2 Å². The van der Waals surface area contributed by atoms with Gasteiger partial charge in [-0.3, -0.25) is 9.79 Å². The molecular weight excluding hydrogens is 471 g/mol. The molecule has 6 heteroatoms. The van der Waals surface area contributed by atoms with Crippen LogP contribution in [-0.2, 0) is 6.54 Å². The molecule has 5 rings (SSSR count). The number of benzene rings is 4. The summed E-state index contributed by atoms with van der Waals surface area (Å²) in [6.07, 6.45) is 1.85. The molecule has 0 radical (unpaired) electrons. The van der Waals surface area contributed by atoms with Crippen LogP contribution in [0.4, 0.5) is 11.4 Å². The summed E-state index contributed by atoms with van der Waals surface area (Å²) in [6.45, 7) is 0.334. The molecule has 0 fully saturated rings. The Hall–Kier alpha value is -3.05. The Morgan fingerprint density at radius 3 is 2.42 bits per heavy atom. The number of fused-ring (bicyclic) bond motifs is 2. The molecule has 4 aromatic carbocycles. The summed E-state index contributed by atoms with van der Waals surface area (Å²) in [5.41, 5.74) is 3.99. The van der Waals surface area contributed by atoms with Gasteiger partial charge >= 0.3 is 0 Å². The Kier molecular flexibility index (Phi) is 6.23. The van der Waals surface area contributed by atoms with Crippen molar-refractivity contribution in [2.45, 2.75) is 16.3 Å². The van der Waals surface area contributed by atoms with Crippen molar-refractivity contribution in [1.82, 2.24) is 0 Å². The SMILES string of the molecule is O=C(c1ccc2c(c1)N=Cc1ccccc1S2)N(Cc1ccccc1Cl)c1ccc(Cl)cc1. The van der Waals surface area contributed by atoms with Crippen LogP contribution in [0.1, 0.15) is 21.5 Å². The second-order valence-corrected chi connectivity index (χ2v) is 9.47. The van der Waals surface area contributed by atoms with Crippen LogP contribution in [-0.4, -0.2) is 12.1 Å². The molecule has 0 atom stereocenters. The van der Waals surface area contributed by atoms with Crippen molar-refractivity contribution in [3.05, 3.63) is 118 Å². The summed E-state index contributed by atoms with van der Waals surface area (Å²) in [5, 5.41) is 1.23. The van der Waals surface area contributed by atoms with Crippen molar-refractivity contribution >= 4 is 58.5 Å². The summed E-state index contributed by atoms with van der Waals surface area (Å²) in [4.78, 5) is 22.2. The van der Waals surface area contributed by atoms with E-state index in [1.165, 1.54) is 0 Å². The van der Waals surface area contributed by atoms with Crippen LogP contribution >= 0.6 is 35.0 Å². The Morgan fingerprint density at radius 1 is 0.848 bits per heavy atom. The molecule has 0 saturated carbocycles. The molecule has 1 aliphatic heterocycles. The summed E-state index contributed by atoms with van der Waals surface area (Å²) in [5.74, 6) is -0.137. The van der Waals surface area contributed by atoms with Gasteiger partial charge < -0.3 is 4.90 Å². The van der Waals surface area contributed by atoms with E-state index in [1.807, 2.05) is 79.0 Å². The Bertz CT molecular complexity index is 1370. The number of nitrogens with zero attached hydrogens (tertiary/aromatic N) is 2. The third-order valence-electron chi connectivity index (χ3n) is 5.36. The molecule has 33 heavy (non-hydrogen) atoms. The number of hydrogen-bond donors (Lipinski definition) is 0. The molecule has 1 amide bonds. The number of carbonyl (C=O) groups is 1. The van der Waals surface area contributed by atoms with Gasteiger partial charge in [0.25, 0.3) is 5.91 Å². The van der Waals surface area contributed by atoms with Gasteiger partial charge in [0.2, 0.25) is 0 Å². The molecule has 0 bridgehead atoms. The summed E-state index contributed by atoms with van der Waals surface area (Å²) < 4.78 is 0. The van der Waals surface area contributed by atoms with Crippen molar-refractivity contribution in [2.75, 3.05) is 4.90 Å². The van der Waals surface area contributed by atoms with Gasteiger partial charge in [0.1, 0.15) is 0 Å². The minimum Gasteiger partial charge on any atom is -0.304 e. The average Bonchev–Trinajstić information content (AvgIpc) is 3.03. The first kappa shape index (κ1) is 21.8. The fourth-order valence-corrected chi connectivity index (χ4v) is 4.93. The highest BCUT2D eigenvalue weighted by molar-refractivity contribution is 7.99. The summed E-state index contributed by atoms with van der Waals surface area (Å²) in [6, 6.07) is 28.6. The van der Waals surface area contributed by atoms with Crippen molar-refractivity contribution in [3.8, 4) is 0 Å². The van der Waals surface area contributed by atoms with Crippen LogP contribution in [0.5, 0.6) is 0 Å². The third-order valence-corrected chi connectivity index (χ3v) is 7.13. The minimum absolute atomic E-state index is 0.137. The van der Waals surface area contributed by atoms with Gasteiger partial charge in [0.05, 0.1) is 12.2 Å². The maximum absolute atomic E-state index is 13.7. The van der Waals surface area contributed by atoms with Crippen molar-refractivity contribution < 1.29 is 4.79 Å². The Balaban J connectivity index is 1.52. The lowest BCUT2D eigenvalue weighted by molar-refractivity contribution is 0.0985. The van der Waals surface area contributed by atoms with Crippen molar-refractivity contribution in [3.63, 3.8) is 0 Å². The Morgan fingerprint density at radius 2 is 1.61 bits per heavy atom. The van der Waals surface area contributed by atoms with E-state index in [2.05, 4.69) is 11.1 Å². The largest absolute Gasteiger partial charge is 0.304 e. The van der Waals surface area contributed by atoms with E-state index in [0.29, 0.717) is 22.2 Å². The molecule has 1 aliphatic rings. The highest BCUT2D eigenvalue weighted by atomic mass is 35.5. The van der Waals surface area contributed by atoms with Gasteiger partial charge in [-0.25, -0.2) is 0 Å². The second kappa shape index (κ2) is 9.44. The Labute approximate surface area is 206 Å². The van der Waals surface area contributed by atoms with Gasteiger partial charge in [-0.1, -0.05) is 71.4 Å². The lowest BCUT2D eigenvalue weighted by Crippen LogP contribution is -2.30. The number of aliphatic imine (C=N–C) groups is 1. The molecule has 0 N–H and O–H groups in total. The van der Waals surface area contributed by atoms with E-state index in [0.717, 1.165) is 32.3 Å². The molecule has 4 aromatic rings. The van der Waals surface area contributed by atoms with Crippen LogP contribution in [0.2, 0.25) is 10.0 Å². The monoisotopic (exact) mass is 488 g/mol. The van der Waals surface area contributed by atoms with Gasteiger partial charge in [0.15, 0.2) is 0 Å². The lowest BCUT2D eigenvalue weighted by Gasteiger charge is -2.24. The van der Waals surface area contributed by atoms with E-state index >= 15 is 0 Å². The van der Waals surface area contributed by atoms with Crippen LogP contribution in [0.15, 0.2) is 106 Å². The van der Waals surface area contributed by atoms with Gasteiger partial charge in [0, 0.05) is 42.9 Å². The highest BCUT2D eigenvalue weighted by Crippen LogP contribution is 2.39. The maximum Gasteiger partial charge on any atom is 0.258 e. The minimum atomic E-state index is -0.137. The van der Waals surface area contributed by atoms with Gasteiger partial charge in [-0.15, -0.1) is 0 Å². The molecule has 0 saturated heterocycles. The molecule has 162 valence electrons. The van der Waals surface area contributed by atoms with E-state index < -0.39 is 0 Å². The molecule has 0 unspecified atom stereocenters. The maximum atomic E-state index is 13.7. The zero-order valence-corrected chi connectivity index (χ0v) is 19.7. The van der Waals surface area contributed by atoms with Crippen LogP contribution in [0, 0.1) is 0 Å². The molecular formula is C27H18Cl2N2OS. The first-order valence-electron chi connectivity index (χ1n) is 10.3. The van der Waals surface area contributed by atoms with Crippen molar-refractivity contribution in [1.29, 1.82) is 0 Å². The third kappa shape index (κ3) is 4.69. The number of anilines is 1. The molecule has 0 aromatic heterocycles. The number of halogens is 2. The lowest BCUT2D eigenvalue weighted by atomic mass is 10.1. The van der Waals surface area contributed by atoms with Crippen LogP contribution in [0.3, 0.4) is 0 Å². The number of carbonyl (C=O) groups excluding carboxylic acids is 1. The predicted octanol–water partition coefficient (Wildman–Crippen LogP) is 8.06. The smallest absolute Gasteiger partial charge is 0.258 e. The fraction of sp³-hybridized carbons (Fsp3) is 0.0370. The van der Waals surface area contributed by atoms with Crippen LogP contribution in [0.25, 0.3) is 0 Å². The fourth-order valence-electron chi connectivity index (χ4n) is 3.63. The van der Waals surface area contributed by atoms with Crippen molar-refractivity contribution in [2.24, 2.45) is 4.99 Å². The molecule has 1 heterocycles. The highest BCUT2D eigenvalue weighted by Gasteiger charge is 2.21. The first-order chi connectivity index (χ1) is 16.1. The normalized spacial score (nSPS) is 11.9. The average molecular weight is 489 g/mol. The molecule has 0 aliphatic carbocycles. The second-order valence-electron chi connectivity index (χ2n) is 7.54. The number of hydrogen-bond acceptors (Lipinski definition) is 3. The first-order valence-corrected chi connectivity index (χ1v) is 11.9. The summed E-state index contributed by atoms with van der Waals surface area (Å²) >= 11 is 14.1. The van der Waals surface area contributed by atoms with E-state index in [-0.39, 0.29) is 5.91 Å². The zero-order valence-electron chi connectivity index (χ0n) is 17.4. The topological polar surface area (TPSA) is 32.7 Å². The summed E-state index contributed by atoms with van der Waals surface area (Å²) in [7, 11) is 0.